The highest BCUT2D eigenvalue weighted by molar-refractivity contribution is 6.01. The number of hydrogen-bond acceptors (Lipinski definition) is 3. The van der Waals surface area contributed by atoms with Crippen LogP contribution in [0.5, 0.6) is 0 Å². The van der Waals surface area contributed by atoms with Gasteiger partial charge >= 0.3 is 12.0 Å². The first-order valence-electron chi connectivity index (χ1n) is 9.67. The maximum absolute atomic E-state index is 12.9. The number of carbonyl (C=O) groups excluding carboxylic acids is 2. The van der Waals surface area contributed by atoms with E-state index in [1.807, 2.05) is 37.3 Å². The topological polar surface area (TPSA) is 89.9 Å². The predicted octanol–water partition coefficient (Wildman–Crippen LogP) is 2.47. The molecule has 146 valence electrons. The van der Waals surface area contributed by atoms with Crippen LogP contribution in [0.15, 0.2) is 30.3 Å². The first-order chi connectivity index (χ1) is 13.0. The van der Waals surface area contributed by atoms with E-state index in [-0.39, 0.29) is 23.9 Å². The Kier molecular flexibility index (Phi) is 5.98. The van der Waals surface area contributed by atoms with Crippen LogP contribution in [0.3, 0.4) is 0 Å². The summed E-state index contributed by atoms with van der Waals surface area (Å²) >= 11 is 0. The number of anilines is 1. The smallest absolute Gasteiger partial charge is 0.318 e. The van der Waals surface area contributed by atoms with Crippen LogP contribution in [0.2, 0.25) is 0 Å². The molecule has 0 spiro atoms. The molecule has 7 nitrogen and oxygen atoms in total. The van der Waals surface area contributed by atoms with Gasteiger partial charge in [-0.05, 0) is 51.2 Å². The molecular formula is C20H27N3O4. The van der Waals surface area contributed by atoms with Gasteiger partial charge in [-0.25, -0.2) is 4.79 Å². The van der Waals surface area contributed by atoms with Crippen molar-refractivity contribution >= 4 is 23.6 Å². The van der Waals surface area contributed by atoms with Crippen molar-refractivity contribution in [3.8, 4) is 0 Å². The van der Waals surface area contributed by atoms with E-state index in [1.54, 1.807) is 9.80 Å². The van der Waals surface area contributed by atoms with Gasteiger partial charge in [-0.1, -0.05) is 18.2 Å². The van der Waals surface area contributed by atoms with Gasteiger partial charge in [0, 0.05) is 24.8 Å². The molecule has 1 aliphatic heterocycles. The zero-order chi connectivity index (χ0) is 19.4. The monoisotopic (exact) mass is 373 g/mol. The zero-order valence-electron chi connectivity index (χ0n) is 15.6. The number of aliphatic carboxylic acids is 1. The van der Waals surface area contributed by atoms with E-state index >= 15 is 0 Å². The van der Waals surface area contributed by atoms with E-state index in [2.05, 4.69) is 5.32 Å². The quantitative estimate of drug-likeness (QED) is 0.830. The maximum Gasteiger partial charge on any atom is 0.318 e. The van der Waals surface area contributed by atoms with Crippen molar-refractivity contribution in [3.05, 3.63) is 30.3 Å². The zero-order valence-corrected chi connectivity index (χ0v) is 15.6. The number of hydrogen-bond donors (Lipinski definition) is 2. The number of rotatable bonds is 5. The van der Waals surface area contributed by atoms with Crippen LogP contribution in [0, 0.1) is 5.92 Å². The fourth-order valence-electron chi connectivity index (χ4n) is 4.07. The van der Waals surface area contributed by atoms with Crippen LogP contribution >= 0.6 is 0 Å². The number of carboxylic acid groups (broad SMARTS) is 1. The van der Waals surface area contributed by atoms with Gasteiger partial charge in [0.1, 0.15) is 6.04 Å². The van der Waals surface area contributed by atoms with Crippen LogP contribution in [0.1, 0.15) is 39.0 Å². The number of likely N-dealkylation sites (N-methyl/N-ethyl adjacent to an activating group) is 1. The molecule has 27 heavy (non-hydrogen) atoms. The number of benzene rings is 1. The Balaban J connectivity index is 1.59. The molecule has 0 bridgehead atoms. The van der Waals surface area contributed by atoms with Gasteiger partial charge in [0.2, 0.25) is 5.91 Å². The first kappa shape index (κ1) is 19.2. The third-order valence-electron chi connectivity index (χ3n) is 5.63. The van der Waals surface area contributed by atoms with Crippen LogP contribution < -0.4 is 10.2 Å². The molecule has 3 amide bonds. The fraction of sp³-hybridized carbons (Fsp3) is 0.550. The molecule has 1 aromatic carbocycles. The normalized spacial score (nSPS) is 25.3. The lowest BCUT2D eigenvalue weighted by Crippen LogP contribution is -2.52. The molecule has 3 rings (SSSR count). The van der Waals surface area contributed by atoms with Crippen LogP contribution in [-0.4, -0.2) is 53.1 Å². The van der Waals surface area contributed by atoms with E-state index < -0.39 is 12.0 Å². The number of nitrogens with one attached hydrogen (secondary N) is 1. The van der Waals surface area contributed by atoms with Crippen molar-refractivity contribution in [2.75, 3.05) is 18.0 Å². The van der Waals surface area contributed by atoms with E-state index in [9.17, 15) is 14.4 Å². The summed E-state index contributed by atoms with van der Waals surface area (Å²) in [5.74, 6) is -1.11. The Bertz CT molecular complexity index is 686. The van der Waals surface area contributed by atoms with Crippen molar-refractivity contribution in [2.24, 2.45) is 5.92 Å². The van der Waals surface area contributed by atoms with Gasteiger partial charge in [-0.15, -0.1) is 0 Å². The largest absolute Gasteiger partial charge is 0.481 e. The summed E-state index contributed by atoms with van der Waals surface area (Å²) in [6.07, 6.45) is 3.10. The molecule has 2 aliphatic rings. The Morgan fingerprint density at radius 2 is 1.81 bits per heavy atom. The average Bonchev–Trinajstić information content (AvgIpc) is 3.05. The minimum atomic E-state index is -0.757. The Morgan fingerprint density at radius 1 is 1.15 bits per heavy atom. The SMILES string of the molecule is CCN(C(=O)NC1CCC(C(=O)O)CC1)C1CCN(c2ccccc2)C1=O. The molecule has 0 aromatic heterocycles. The summed E-state index contributed by atoms with van der Waals surface area (Å²) in [6.45, 7) is 2.93. The number of nitrogens with zero attached hydrogens (tertiary/aromatic N) is 2. The van der Waals surface area contributed by atoms with Gasteiger partial charge in [-0.2, -0.15) is 0 Å². The van der Waals surface area contributed by atoms with Gasteiger partial charge in [0.05, 0.1) is 5.92 Å². The van der Waals surface area contributed by atoms with E-state index in [0.29, 0.717) is 45.2 Å². The number of carboxylic acids is 1. The summed E-state index contributed by atoms with van der Waals surface area (Å²) in [4.78, 5) is 40.0. The molecule has 1 aromatic rings. The Morgan fingerprint density at radius 3 is 2.41 bits per heavy atom. The number of para-hydroxylation sites is 1. The standard InChI is InChI=1S/C20H27N3O4/c1-2-22(20(27)21-15-10-8-14(9-11-15)19(25)26)17-12-13-23(18(17)24)16-6-4-3-5-7-16/h3-7,14-15,17H,2,8-13H2,1H3,(H,21,27)(H,25,26). The Labute approximate surface area is 159 Å². The molecule has 0 radical (unpaired) electrons. The van der Waals surface area contributed by atoms with Crippen molar-refractivity contribution in [1.29, 1.82) is 0 Å². The minimum absolute atomic E-state index is 0.0242. The molecular weight excluding hydrogens is 346 g/mol. The van der Waals surface area contributed by atoms with Crippen molar-refractivity contribution in [1.82, 2.24) is 10.2 Å². The van der Waals surface area contributed by atoms with Gasteiger partial charge in [0.25, 0.3) is 0 Å². The number of amides is 3. The molecule has 1 aliphatic carbocycles. The third kappa shape index (κ3) is 4.23. The second-order valence-electron chi connectivity index (χ2n) is 7.25. The molecule has 7 heteroatoms. The summed E-state index contributed by atoms with van der Waals surface area (Å²) in [5.41, 5.74) is 0.855. The second kappa shape index (κ2) is 8.41. The summed E-state index contributed by atoms with van der Waals surface area (Å²) < 4.78 is 0. The molecule has 1 saturated heterocycles. The predicted molar refractivity (Wildman–Crippen MR) is 101 cm³/mol. The molecule has 1 saturated carbocycles. The highest BCUT2D eigenvalue weighted by Gasteiger charge is 2.39. The number of carbonyl (C=O) groups is 3. The molecule has 1 heterocycles. The minimum Gasteiger partial charge on any atom is -0.481 e. The second-order valence-corrected chi connectivity index (χ2v) is 7.25. The van der Waals surface area contributed by atoms with Crippen LogP contribution in [0.25, 0.3) is 0 Å². The lowest BCUT2D eigenvalue weighted by atomic mass is 9.86. The lowest BCUT2D eigenvalue weighted by Gasteiger charge is -2.32. The summed E-state index contributed by atoms with van der Waals surface area (Å²) in [5, 5.41) is 12.1. The fourth-order valence-corrected chi connectivity index (χ4v) is 4.07. The van der Waals surface area contributed by atoms with Gasteiger partial charge in [0.15, 0.2) is 0 Å². The van der Waals surface area contributed by atoms with Crippen molar-refractivity contribution in [3.63, 3.8) is 0 Å². The highest BCUT2D eigenvalue weighted by atomic mass is 16.4. The number of urea groups is 1. The molecule has 2 fully saturated rings. The van der Waals surface area contributed by atoms with Gasteiger partial charge in [-0.3, -0.25) is 9.59 Å². The lowest BCUT2D eigenvalue weighted by molar-refractivity contribution is -0.142. The highest BCUT2D eigenvalue weighted by Crippen LogP contribution is 2.26. The van der Waals surface area contributed by atoms with Crippen molar-refractivity contribution < 1.29 is 19.5 Å². The van der Waals surface area contributed by atoms with E-state index in [1.165, 1.54) is 0 Å². The molecule has 1 atom stereocenters. The average molecular weight is 373 g/mol. The molecule has 2 N–H and O–H groups in total. The third-order valence-corrected chi connectivity index (χ3v) is 5.63. The molecule has 1 unspecified atom stereocenters. The van der Waals surface area contributed by atoms with Crippen LogP contribution in [-0.2, 0) is 9.59 Å². The maximum atomic E-state index is 12.9. The van der Waals surface area contributed by atoms with Gasteiger partial charge < -0.3 is 20.2 Å². The van der Waals surface area contributed by atoms with Crippen LogP contribution in [0.4, 0.5) is 10.5 Å². The summed E-state index contributed by atoms with van der Waals surface area (Å²) in [7, 11) is 0. The van der Waals surface area contributed by atoms with E-state index in [4.69, 9.17) is 5.11 Å². The van der Waals surface area contributed by atoms with Crippen molar-refractivity contribution in [2.45, 2.75) is 51.1 Å². The Hall–Kier alpha value is -2.57. The first-order valence-corrected chi connectivity index (χ1v) is 9.67. The summed E-state index contributed by atoms with van der Waals surface area (Å²) in [6, 6.07) is 8.79. The van der Waals surface area contributed by atoms with E-state index in [0.717, 1.165) is 5.69 Å².